The molecule has 3 amide bonds. The summed E-state index contributed by atoms with van der Waals surface area (Å²) in [6, 6.07) is 14.6. The Balaban J connectivity index is 1.79. The maximum atomic E-state index is 12.2. The number of halogens is 1. The Labute approximate surface area is 189 Å². The molecule has 3 aromatic rings. The van der Waals surface area contributed by atoms with Crippen LogP contribution in [-0.4, -0.2) is 52.7 Å². The van der Waals surface area contributed by atoms with E-state index in [1.807, 2.05) is 47.9 Å². The molecule has 2 aromatic carbocycles. The standard InChI is InChI=1S/C21H22ClN5O3S/c1-14-4-3-5-17(12-14)27-19(15-6-8-16(22)9-7-15)25-26-21(27)31-13-18(28)24-20(29)23-10-11-30-2/h3-9,12H,10-11,13H2,1-2H3,(H2,23,24,28,29). The molecule has 0 aliphatic heterocycles. The molecular weight excluding hydrogens is 438 g/mol. The second kappa shape index (κ2) is 10.9. The maximum absolute atomic E-state index is 12.2. The summed E-state index contributed by atoms with van der Waals surface area (Å²) in [5.41, 5.74) is 2.79. The van der Waals surface area contributed by atoms with Gasteiger partial charge in [-0.25, -0.2) is 4.79 Å². The Bertz CT molecular complexity index is 1060. The first kappa shape index (κ1) is 22.8. The molecule has 0 unspecified atom stereocenters. The SMILES string of the molecule is COCCNC(=O)NC(=O)CSc1nnc(-c2ccc(Cl)cc2)n1-c1cccc(C)c1. The minimum Gasteiger partial charge on any atom is -0.383 e. The van der Waals surface area contributed by atoms with Crippen LogP contribution < -0.4 is 10.6 Å². The average Bonchev–Trinajstić information content (AvgIpc) is 3.17. The van der Waals surface area contributed by atoms with Gasteiger partial charge in [0.05, 0.1) is 12.4 Å². The predicted molar refractivity (Wildman–Crippen MR) is 121 cm³/mol. The van der Waals surface area contributed by atoms with Crippen LogP contribution >= 0.6 is 23.4 Å². The van der Waals surface area contributed by atoms with Crippen molar-refractivity contribution in [1.82, 2.24) is 25.4 Å². The van der Waals surface area contributed by atoms with Gasteiger partial charge in [0.1, 0.15) is 0 Å². The highest BCUT2D eigenvalue weighted by atomic mass is 35.5. The van der Waals surface area contributed by atoms with Crippen molar-refractivity contribution in [3.05, 3.63) is 59.1 Å². The molecule has 0 radical (unpaired) electrons. The second-order valence-corrected chi connectivity index (χ2v) is 7.95. The minimum absolute atomic E-state index is 0.00225. The predicted octanol–water partition coefficient (Wildman–Crippen LogP) is 3.46. The number of rotatable bonds is 8. The van der Waals surface area contributed by atoms with Crippen molar-refractivity contribution in [3.8, 4) is 17.1 Å². The van der Waals surface area contributed by atoms with Gasteiger partial charge in [0.15, 0.2) is 11.0 Å². The lowest BCUT2D eigenvalue weighted by atomic mass is 10.2. The molecule has 0 bridgehead atoms. The van der Waals surface area contributed by atoms with Gasteiger partial charge in [-0.15, -0.1) is 10.2 Å². The number of benzene rings is 2. The van der Waals surface area contributed by atoms with Crippen molar-refractivity contribution >= 4 is 35.3 Å². The Morgan fingerprint density at radius 1 is 1.16 bits per heavy atom. The number of methoxy groups -OCH3 is 1. The molecule has 0 spiro atoms. The lowest BCUT2D eigenvalue weighted by Crippen LogP contribution is -2.41. The van der Waals surface area contributed by atoms with E-state index in [0.717, 1.165) is 16.8 Å². The fraction of sp³-hybridized carbons (Fsp3) is 0.238. The largest absolute Gasteiger partial charge is 0.383 e. The number of ether oxygens (including phenoxy) is 1. The zero-order valence-corrected chi connectivity index (χ0v) is 18.7. The summed E-state index contributed by atoms with van der Waals surface area (Å²) in [7, 11) is 1.53. The third-order valence-electron chi connectivity index (χ3n) is 4.17. The first-order valence-electron chi connectivity index (χ1n) is 9.45. The topological polar surface area (TPSA) is 98.1 Å². The number of carbonyl (C=O) groups is 2. The van der Waals surface area contributed by atoms with E-state index in [4.69, 9.17) is 16.3 Å². The smallest absolute Gasteiger partial charge is 0.321 e. The monoisotopic (exact) mass is 459 g/mol. The van der Waals surface area contributed by atoms with Gasteiger partial charge in [-0.1, -0.05) is 35.5 Å². The van der Waals surface area contributed by atoms with E-state index in [0.29, 0.717) is 29.2 Å². The quantitative estimate of drug-likeness (QED) is 0.395. The molecule has 0 saturated heterocycles. The molecule has 3 rings (SSSR count). The summed E-state index contributed by atoms with van der Waals surface area (Å²) in [6.45, 7) is 2.68. The number of carbonyl (C=O) groups excluding carboxylic acids is 2. The number of nitrogens with zero attached hydrogens (tertiary/aromatic N) is 3. The van der Waals surface area contributed by atoms with Crippen LogP contribution in [0.3, 0.4) is 0 Å². The van der Waals surface area contributed by atoms with Crippen LogP contribution in [-0.2, 0) is 9.53 Å². The van der Waals surface area contributed by atoms with Gasteiger partial charge in [0, 0.05) is 29.9 Å². The van der Waals surface area contributed by atoms with E-state index < -0.39 is 11.9 Å². The second-order valence-electron chi connectivity index (χ2n) is 6.57. The van der Waals surface area contributed by atoms with Crippen molar-refractivity contribution in [1.29, 1.82) is 0 Å². The van der Waals surface area contributed by atoms with Crippen molar-refractivity contribution in [2.24, 2.45) is 0 Å². The Hall–Kier alpha value is -2.88. The Morgan fingerprint density at radius 2 is 1.94 bits per heavy atom. The van der Waals surface area contributed by atoms with Crippen LogP contribution in [0.1, 0.15) is 5.56 Å². The first-order valence-corrected chi connectivity index (χ1v) is 10.8. The fourth-order valence-electron chi connectivity index (χ4n) is 2.75. The van der Waals surface area contributed by atoms with Gasteiger partial charge in [-0.3, -0.25) is 14.7 Å². The molecule has 10 heteroatoms. The summed E-state index contributed by atoms with van der Waals surface area (Å²) in [4.78, 5) is 23.9. The zero-order valence-electron chi connectivity index (χ0n) is 17.1. The Morgan fingerprint density at radius 3 is 2.65 bits per heavy atom. The highest BCUT2D eigenvalue weighted by Crippen LogP contribution is 2.29. The lowest BCUT2D eigenvalue weighted by molar-refractivity contribution is -0.117. The van der Waals surface area contributed by atoms with Crippen molar-refractivity contribution in [2.45, 2.75) is 12.1 Å². The number of aromatic nitrogens is 3. The van der Waals surface area contributed by atoms with Crippen LogP contribution in [0.25, 0.3) is 17.1 Å². The van der Waals surface area contributed by atoms with Crippen LogP contribution in [0.15, 0.2) is 53.7 Å². The number of imide groups is 1. The van der Waals surface area contributed by atoms with E-state index in [2.05, 4.69) is 20.8 Å². The number of nitrogens with one attached hydrogen (secondary N) is 2. The lowest BCUT2D eigenvalue weighted by Gasteiger charge is -2.11. The van der Waals surface area contributed by atoms with E-state index in [9.17, 15) is 9.59 Å². The molecule has 8 nitrogen and oxygen atoms in total. The molecular formula is C21H22ClN5O3S. The first-order chi connectivity index (χ1) is 15.0. The van der Waals surface area contributed by atoms with Crippen LogP contribution in [0.4, 0.5) is 4.79 Å². The summed E-state index contributed by atoms with van der Waals surface area (Å²) >= 11 is 7.21. The van der Waals surface area contributed by atoms with Crippen LogP contribution in [0.2, 0.25) is 5.02 Å². The molecule has 162 valence electrons. The molecule has 0 aliphatic carbocycles. The normalized spacial score (nSPS) is 10.7. The highest BCUT2D eigenvalue weighted by molar-refractivity contribution is 7.99. The van der Waals surface area contributed by atoms with E-state index in [1.54, 1.807) is 12.1 Å². The molecule has 2 N–H and O–H groups in total. The third kappa shape index (κ3) is 6.30. The van der Waals surface area contributed by atoms with Gasteiger partial charge in [0.2, 0.25) is 5.91 Å². The number of thioether (sulfide) groups is 1. The maximum Gasteiger partial charge on any atom is 0.321 e. The summed E-state index contributed by atoms with van der Waals surface area (Å²) < 4.78 is 6.74. The van der Waals surface area contributed by atoms with E-state index in [1.165, 1.54) is 18.9 Å². The molecule has 31 heavy (non-hydrogen) atoms. The fourth-order valence-corrected chi connectivity index (χ4v) is 3.63. The van der Waals surface area contributed by atoms with Gasteiger partial charge in [-0.05, 0) is 48.9 Å². The van der Waals surface area contributed by atoms with Gasteiger partial charge >= 0.3 is 6.03 Å². The molecule has 0 atom stereocenters. The van der Waals surface area contributed by atoms with E-state index >= 15 is 0 Å². The number of aryl methyl sites for hydroxylation is 1. The molecule has 0 saturated carbocycles. The highest BCUT2D eigenvalue weighted by Gasteiger charge is 2.18. The third-order valence-corrected chi connectivity index (χ3v) is 5.35. The van der Waals surface area contributed by atoms with Crippen molar-refractivity contribution in [2.75, 3.05) is 26.0 Å². The summed E-state index contributed by atoms with van der Waals surface area (Å²) in [6.07, 6.45) is 0. The molecule has 1 heterocycles. The van der Waals surface area contributed by atoms with E-state index in [-0.39, 0.29) is 5.75 Å². The zero-order chi connectivity index (χ0) is 22.2. The molecule has 0 aliphatic rings. The number of amides is 3. The number of urea groups is 1. The van der Waals surface area contributed by atoms with Gasteiger partial charge < -0.3 is 10.1 Å². The number of hydrogen-bond acceptors (Lipinski definition) is 6. The van der Waals surface area contributed by atoms with Crippen molar-refractivity contribution in [3.63, 3.8) is 0 Å². The number of hydrogen-bond donors (Lipinski definition) is 2. The van der Waals surface area contributed by atoms with Gasteiger partial charge in [0.25, 0.3) is 0 Å². The molecule has 1 aromatic heterocycles. The van der Waals surface area contributed by atoms with Crippen molar-refractivity contribution < 1.29 is 14.3 Å². The summed E-state index contributed by atoms with van der Waals surface area (Å²) in [5.74, 6) is 0.191. The van der Waals surface area contributed by atoms with Gasteiger partial charge in [-0.2, -0.15) is 0 Å². The minimum atomic E-state index is -0.565. The average molecular weight is 460 g/mol. The molecule has 0 fully saturated rings. The van der Waals surface area contributed by atoms with Crippen LogP contribution in [0, 0.1) is 6.92 Å². The van der Waals surface area contributed by atoms with Crippen LogP contribution in [0.5, 0.6) is 0 Å². The Kier molecular flexibility index (Phi) is 8.05. The summed E-state index contributed by atoms with van der Waals surface area (Å²) in [5, 5.41) is 14.6.